The van der Waals surface area contributed by atoms with Gasteiger partial charge in [-0.2, -0.15) is 0 Å². The normalized spacial score (nSPS) is 11.1. The molecule has 5 heteroatoms. The molecule has 2 aromatic heterocycles. The quantitative estimate of drug-likeness (QED) is 0.738. The Morgan fingerprint density at radius 2 is 2.11 bits per heavy atom. The molecular formula is C14H11ClN2OS. The Bertz CT molecular complexity index is 835. The summed E-state index contributed by atoms with van der Waals surface area (Å²) in [6, 6.07) is 7.64. The summed E-state index contributed by atoms with van der Waals surface area (Å²) in [5.41, 5.74) is 1.89. The van der Waals surface area contributed by atoms with E-state index < -0.39 is 0 Å². The summed E-state index contributed by atoms with van der Waals surface area (Å²) in [7, 11) is 0. The SMILES string of the molecule is Cc1nc2sc(-c3cccc(Cl)c3)c(C)c2c(=O)[nH]1. The number of nitrogens with zero attached hydrogens (tertiary/aromatic N) is 1. The summed E-state index contributed by atoms with van der Waals surface area (Å²) < 4.78 is 0. The number of H-pyrrole nitrogens is 1. The molecule has 1 N–H and O–H groups in total. The van der Waals surface area contributed by atoms with Gasteiger partial charge in [-0.15, -0.1) is 11.3 Å². The fraction of sp³-hybridized carbons (Fsp3) is 0.143. The van der Waals surface area contributed by atoms with Crippen molar-refractivity contribution < 1.29 is 0 Å². The van der Waals surface area contributed by atoms with Crippen molar-refractivity contribution in [2.24, 2.45) is 0 Å². The number of benzene rings is 1. The number of nitrogens with one attached hydrogen (secondary N) is 1. The third-order valence-electron chi connectivity index (χ3n) is 3.01. The molecular weight excluding hydrogens is 280 g/mol. The van der Waals surface area contributed by atoms with Crippen LogP contribution in [0.3, 0.4) is 0 Å². The van der Waals surface area contributed by atoms with Gasteiger partial charge in [-0.25, -0.2) is 4.98 Å². The van der Waals surface area contributed by atoms with E-state index in [0.717, 1.165) is 20.8 Å². The number of rotatable bonds is 1. The molecule has 3 nitrogen and oxygen atoms in total. The number of hydrogen-bond donors (Lipinski definition) is 1. The molecule has 0 saturated heterocycles. The Morgan fingerprint density at radius 1 is 1.32 bits per heavy atom. The van der Waals surface area contributed by atoms with Crippen LogP contribution in [-0.4, -0.2) is 9.97 Å². The first kappa shape index (κ1) is 12.4. The molecule has 1 aromatic carbocycles. The number of aryl methyl sites for hydroxylation is 2. The first-order valence-electron chi connectivity index (χ1n) is 5.82. The van der Waals surface area contributed by atoms with Gasteiger partial charge in [-0.3, -0.25) is 4.79 Å². The molecule has 0 saturated carbocycles. The minimum Gasteiger partial charge on any atom is -0.310 e. The van der Waals surface area contributed by atoms with Crippen LogP contribution in [0, 0.1) is 13.8 Å². The zero-order valence-corrected chi connectivity index (χ0v) is 12.0. The van der Waals surface area contributed by atoms with Crippen LogP contribution in [0.2, 0.25) is 5.02 Å². The topological polar surface area (TPSA) is 45.8 Å². The molecule has 0 spiro atoms. The van der Waals surface area contributed by atoms with E-state index in [1.165, 1.54) is 11.3 Å². The molecule has 3 rings (SSSR count). The predicted molar refractivity (Wildman–Crippen MR) is 80.2 cm³/mol. The average Bonchev–Trinajstić information content (AvgIpc) is 2.66. The minimum absolute atomic E-state index is 0.0791. The van der Waals surface area contributed by atoms with E-state index in [-0.39, 0.29) is 5.56 Å². The molecule has 0 amide bonds. The van der Waals surface area contributed by atoms with E-state index in [1.54, 1.807) is 6.92 Å². The Morgan fingerprint density at radius 3 is 2.84 bits per heavy atom. The van der Waals surface area contributed by atoms with Crippen molar-refractivity contribution in [2.45, 2.75) is 13.8 Å². The highest BCUT2D eigenvalue weighted by Crippen LogP contribution is 2.36. The second-order valence-electron chi connectivity index (χ2n) is 4.40. The lowest BCUT2D eigenvalue weighted by Crippen LogP contribution is -2.08. The van der Waals surface area contributed by atoms with E-state index in [1.807, 2.05) is 31.2 Å². The molecule has 0 radical (unpaired) electrons. The zero-order valence-electron chi connectivity index (χ0n) is 10.5. The van der Waals surface area contributed by atoms with Gasteiger partial charge in [0, 0.05) is 9.90 Å². The smallest absolute Gasteiger partial charge is 0.259 e. The number of fused-ring (bicyclic) bond motifs is 1. The molecule has 0 aliphatic carbocycles. The zero-order chi connectivity index (χ0) is 13.6. The second kappa shape index (κ2) is 4.47. The molecule has 3 aromatic rings. The lowest BCUT2D eigenvalue weighted by Gasteiger charge is -1.99. The van der Waals surface area contributed by atoms with Gasteiger partial charge in [0.15, 0.2) is 0 Å². The van der Waals surface area contributed by atoms with E-state index in [4.69, 9.17) is 11.6 Å². The molecule has 0 aliphatic rings. The first-order valence-corrected chi connectivity index (χ1v) is 7.01. The van der Waals surface area contributed by atoms with Crippen LogP contribution in [0.25, 0.3) is 20.7 Å². The van der Waals surface area contributed by atoms with Crippen LogP contribution in [0.4, 0.5) is 0 Å². The van der Waals surface area contributed by atoms with Crippen LogP contribution in [0.5, 0.6) is 0 Å². The fourth-order valence-corrected chi connectivity index (χ4v) is 3.57. The standard InChI is InChI=1S/C14H11ClN2OS/c1-7-11-13(18)16-8(2)17-14(11)19-12(7)9-4-3-5-10(15)6-9/h3-6H,1-2H3,(H,16,17,18). The highest BCUT2D eigenvalue weighted by atomic mass is 35.5. The fourth-order valence-electron chi connectivity index (χ4n) is 2.16. The Labute approximate surface area is 118 Å². The van der Waals surface area contributed by atoms with Crippen molar-refractivity contribution in [2.75, 3.05) is 0 Å². The van der Waals surface area contributed by atoms with Gasteiger partial charge in [0.05, 0.1) is 5.39 Å². The summed E-state index contributed by atoms with van der Waals surface area (Å²) >= 11 is 7.55. The van der Waals surface area contributed by atoms with E-state index >= 15 is 0 Å². The average molecular weight is 291 g/mol. The van der Waals surface area contributed by atoms with Crippen LogP contribution in [0.1, 0.15) is 11.4 Å². The number of halogens is 1. The number of aromatic nitrogens is 2. The summed E-state index contributed by atoms with van der Waals surface area (Å²) in [6.07, 6.45) is 0. The third-order valence-corrected chi connectivity index (χ3v) is 4.48. The predicted octanol–water partition coefficient (Wildman–Crippen LogP) is 3.92. The number of hydrogen-bond acceptors (Lipinski definition) is 3. The highest BCUT2D eigenvalue weighted by molar-refractivity contribution is 7.22. The van der Waals surface area contributed by atoms with Crippen molar-refractivity contribution >= 4 is 33.2 Å². The summed E-state index contributed by atoms with van der Waals surface area (Å²) in [6.45, 7) is 3.73. The maximum Gasteiger partial charge on any atom is 0.259 e. The second-order valence-corrected chi connectivity index (χ2v) is 5.83. The summed E-state index contributed by atoms with van der Waals surface area (Å²) in [5.74, 6) is 0.636. The van der Waals surface area contributed by atoms with E-state index in [2.05, 4.69) is 9.97 Å². The monoisotopic (exact) mass is 290 g/mol. The van der Waals surface area contributed by atoms with Crippen molar-refractivity contribution in [1.29, 1.82) is 0 Å². The van der Waals surface area contributed by atoms with Gasteiger partial charge >= 0.3 is 0 Å². The van der Waals surface area contributed by atoms with Gasteiger partial charge < -0.3 is 4.98 Å². The van der Waals surface area contributed by atoms with Crippen LogP contribution in [-0.2, 0) is 0 Å². The van der Waals surface area contributed by atoms with Gasteiger partial charge in [0.1, 0.15) is 10.7 Å². The maximum absolute atomic E-state index is 12.0. The largest absolute Gasteiger partial charge is 0.310 e. The number of aromatic amines is 1. The molecule has 0 bridgehead atoms. The van der Waals surface area contributed by atoms with Gasteiger partial charge in [-0.05, 0) is 37.1 Å². The van der Waals surface area contributed by atoms with Gasteiger partial charge in [0.2, 0.25) is 0 Å². The van der Waals surface area contributed by atoms with Crippen LogP contribution < -0.4 is 5.56 Å². The lowest BCUT2D eigenvalue weighted by molar-refractivity contribution is 1.06. The molecule has 2 heterocycles. The van der Waals surface area contributed by atoms with Crippen molar-refractivity contribution in [3.8, 4) is 10.4 Å². The summed E-state index contributed by atoms with van der Waals surface area (Å²) in [4.78, 5) is 21.0. The van der Waals surface area contributed by atoms with Crippen molar-refractivity contribution in [3.05, 3.63) is 51.0 Å². The first-order chi connectivity index (χ1) is 9.06. The third kappa shape index (κ3) is 2.07. The van der Waals surface area contributed by atoms with Crippen molar-refractivity contribution in [3.63, 3.8) is 0 Å². The Balaban J connectivity index is 2.35. The van der Waals surface area contributed by atoms with Crippen LogP contribution in [0.15, 0.2) is 29.1 Å². The lowest BCUT2D eigenvalue weighted by atomic mass is 10.1. The molecule has 0 aliphatic heterocycles. The van der Waals surface area contributed by atoms with Gasteiger partial charge in [0.25, 0.3) is 5.56 Å². The highest BCUT2D eigenvalue weighted by Gasteiger charge is 2.14. The Hall–Kier alpha value is -1.65. The molecule has 96 valence electrons. The van der Waals surface area contributed by atoms with E-state index in [9.17, 15) is 4.79 Å². The Kier molecular flexibility index (Phi) is 2.92. The summed E-state index contributed by atoms with van der Waals surface area (Å²) in [5, 5.41) is 1.36. The number of thiophene rings is 1. The molecule has 0 fully saturated rings. The van der Waals surface area contributed by atoms with Crippen molar-refractivity contribution in [1.82, 2.24) is 9.97 Å². The molecule has 0 unspecified atom stereocenters. The van der Waals surface area contributed by atoms with Gasteiger partial charge in [-0.1, -0.05) is 23.7 Å². The minimum atomic E-state index is -0.0791. The maximum atomic E-state index is 12.0. The molecule has 0 atom stereocenters. The van der Waals surface area contributed by atoms with Crippen LogP contribution >= 0.6 is 22.9 Å². The molecule has 19 heavy (non-hydrogen) atoms. The van der Waals surface area contributed by atoms with E-state index in [0.29, 0.717) is 16.2 Å².